The molecule has 27 heavy (non-hydrogen) atoms. The van der Waals surface area contributed by atoms with E-state index >= 15 is 0 Å². The van der Waals surface area contributed by atoms with E-state index in [-0.39, 0.29) is 0 Å². The number of aryl methyl sites for hydroxylation is 3. The van der Waals surface area contributed by atoms with Crippen LogP contribution in [0.15, 0.2) is 42.7 Å². The van der Waals surface area contributed by atoms with E-state index in [0.717, 1.165) is 54.3 Å². The Hall–Kier alpha value is -3.15. The first-order chi connectivity index (χ1) is 13.0. The first kappa shape index (κ1) is 17.3. The lowest BCUT2D eigenvalue weighted by Crippen LogP contribution is -2.32. The minimum atomic E-state index is -0.900. The molecule has 1 aliphatic rings. The Kier molecular flexibility index (Phi) is 4.39. The first-order valence-electron chi connectivity index (χ1n) is 9.10. The van der Waals surface area contributed by atoms with Crippen LogP contribution in [0.2, 0.25) is 0 Å². The molecule has 0 bridgehead atoms. The smallest absolute Gasteiger partial charge is 0.335 e. The van der Waals surface area contributed by atoms with Gasteiger partial charge in [-0.15, -0.1) is 0 Å². The minimum absolute atomic E-state index is 0.310. The van der Waals surface area contributed by atoms with Crippen molar-refractivity contribution in [3.8, 4) is 11.1 Å². The van der Waals surface area contributed by atoms with Crippen molar-refractivity contribution in [3.63, 3.8) is 0 Å². The third-order valence-corrected chi connectivity index (χ3v) is 5.08. The molecule has 6 nitrogen and oxygen atoms in total. The highest BCUT2D eigenvalue weighted by Crippen LogP contribution is 2.38. The van der Waals surface area contributed by atoms with Crippen LogP contribution < -0.4 is 4.90 Å². The minimum Gasteiger partial charge on any atom is -0.478 e. The molecule has 6 heteroatoms. The summed E-state index contributed by atoms with van der Waals surface area (Å²) in [6.07, 6.45) is 4.76. The zero-order chi connectivity index (χ0) is 19.0. The summed E-state index contributed by atoms with van der Waals surface area (Å²) in [5, 5.41) is 13.9. The van der Waals surface area contributed by atoms with E-state index in [0.29, 0.717) is 5.56 Å². The normalized spacial score (nSPS) is 13.5. The molecule has 138 valence electrons. The summed E-state index contributed by atoms with van der Waals surface area (Å²) >= 11 is 0. The van der Waals surface area contributed by atoms with E-state index in [4.69, 9.17) is 10.2 Å². The Balaban J connectivity index is 1.73. The van der Waals surface area contributed by atoms with Crippen LogP contribution in [0, 0.1) is 13.8 Å². The van der Waals surface area contributed by atoms with Gasteiger partial charge in [-0.05, 0) is 49.6 Å². The summed E-state index contributed by atoms with van der Waals surface area (Å²) in [5.74, 6) is 0.222. The van der Waals surface area contributed by atoms with Crippen LogP contribution in [0.5, 0.6) is 0 Å². The van der Waals surface area contributed by atoms with Gasteiger partial charge < -0.3 is 10.0 Å². The van der Waals surface area contributed by atoms with Gasteiger partial charge in [-0.25, -0.2) is 9.48 Å². The number of carbonyl (C=O) groups is 1. The summed E-state index contributed by atoms with van der Waals surface area (Å²) in [6, 6.07) is 9.13. The molecule has 4 rings (SSSR count). The number of carboxylic acid groups (broad SMARTS) is 1. The number of fused-ring (bicyclic) bond motifs is 1. The number of pyridine rings is 1. The fourth-order valence-corrected chi connectivity index (χ4v) is 3.73. The van der Waals surface area contributed by atoms with E-state index in [2.05, 4.69) is 21.5 Å². The molecule has 1 N–H and O–H groups in total. The second-order valence-electron chi connectivity index (χ2n) is 6.97. The second-order valence-corrected chi connectivity index (χ2v) is 6.97. The lowest BCUT2D eigenvalue weighted by atomic mass is 10.0. The van der Waals surface area contributed by atoms with Gasteiger partial charge in [-0.1, -0.05) is 12.1 Å². The van der Waals surface area contributed by atoms with E-state index in [1.165, 1.54) is 5.56 Å². The van der Waals surface area contributed by atoms with Crippen molar-refractivity contribution in [3.05, 3.63) is 65.1 Å². The van der Waals surface area contributed by atoms with Crippen LogP contribution in [-0.4, -0.2) is 32.4 Å². The molecule has 0 radical (unpaired) electrons. The van der Waals surface area contributed by atoms with Crippen molar-refractivity contribution in [1.29, 1.82) is 0 Å². The van der Waals surface area contributed by atoms with Gasteiger partial charge >= 0.3 is 5.97 Å². The zero-order valence-corrected chi connectivity index (χ0v) is 15.5. The van der Waals surface area contributed by atoms with E-state index in [9.17, 15) is 4.79 Å². The molecule has 0 saturated carbocycles. The van der Waals surface area contributed by atoms with Gasteiger partial charge in [0.1, 0.15) is 5.82 Å². The first-order valence-corrected chi connectivity index (χ1v) is 9.10. The molecule has 1 aliphatic heterocycles. The topological polar surface area (TPSA) is 71.2 Å². The number of nitrogens with zero attached hydrogens (tertiary/aromatic N) is 4. The highest BCUT2D eigenvalue weighted by molar-refractivity contribution is 5.87. The third-order valence-electron chi connectivity index (χ3n) is 5.08. The Morgan fingerprint density at radius 3 is 2.63 bits per heavy atom. The molecular weight excluding hydrogens is 340 g/mol. The van der Waals surface area contributed by atoms with Gasteiger partial charge in [0.15, 0.2) is 0 Å². The molecule has 0 aliphatic carbocycles. The van der Waals surface area contributed by atoms with Crippen molar-refractivity contribution >= 4 is 11.8 Å². The number of hydrogen-bond acceptors (Lipinski definition) is 4. The lowest BCUT2D eigenvalue weighted by molar-refractivity contribution is 0.0697. The van der Waals surface area contributed by atoms with Gasteiger partial charge in [-0.3, -0.25) is 4.98 Å². The molecule has 0 spiro atoms. The molecule has 1 aromatic carbocycles. The number of benzene rings is 1. The van der Waals surface area contributed by atoms with E-state index in [1.807, 2.05) is 37.5 Å². The summed E-state index contributed by atoms with van der Waals surface area (Å²) < 4.78 is 2.09. The van der Waals surface area contributed by atoms with Crippen LogP contribution in [-0.2, 0) is 13.1 Å². The standard InChI is InChI=1S/C21H22N4O2/c1-14-8-9-22-12-18(14)19-15(2)23-25-11-3-10-24(20(19)25)13-16-4-6-17(7-5-16)21(26)27/h4-9,12H,3,10-11,13H2,1-2H3,(H,26,27). The average molecular weight is 362 g/mol. The fraction of sp³-hybridized carbons (Fsp3) is 0.286. The number of rotatable bonds is 4. The van der Waals surface area contributed by atoms with Gasteiger partial charge in [0, 0.05) is 43.2 Å². The van der Waals surface area contributed by atoms with Gasteiger partial charge in [-0.2, -0.15) is 5.10 Å². The van der Waals surface area contributed by atoms with Crippen LogP contribution in [0.3, 0.4) is 0 Å². The quantitative estimate of drug-likeness (QED) is 0.767. The Bertz CT molecular complexity index is 992. The van der Waals surface area contributed by atoms with E-state index < -0.39 is 5.97 Å². The van der Waals surface area contributed by atoms with Crippen LogP contribution >= 0.6 is 0 Å². The molecule has 0 saturated heterocycles. The monoisotopic (exact) mass is 362 g/mol. The summed E-state index contributed by atoms with van der Waals surface area (Å²) in [5.41, 5.74) is 5.84. The third kappa shape index (κ3) is 3.18. The molecule has 0 amide bonds. The molecule has 2 aromatic heterocycles. The van der Waals surface area contributed by atoms with Gasteiger partial charge in [0.25, 0.3) is 0 Å². The van der Waals surface area contributed by atoms with Crippen LogP contribution in [0.1, 0.15) is 33.6 Å². The molecule has 3 heterocycles. The summed E-state index contributed by atoms with van der Waals surface area (Å²) in [4.78, 5) is 17.7. The van der Waals surface area contributed by atoms with Crippen LogP contribution in [0.25, 0.3) is 11.1 Å². The van der Waals surface area contributed by atoms with Gasteiger partial charge in [0.05, 0.1) is 11.3 Å². The molecule has 0 atom stereocenters. The van der Waals surface area contributed by atoms with Crippen molar-refractivity contribution in [1.82, 2.24) is 14.8 Å². The van der Waals surface area contributed by atoms with Crippen molar-refractivity contribution in [2.45, 2.75) is 33.4 Å². The maximum absolute atomic E-state index is 11.1. The molecular formula is C21H22N4O2. The number of hydrogen-bond donors (Lipinski definition) is 1. The SMILES string of the molecule is Cc1ccncc1-c1c(C)nn2c1N(Cc1ccc(C(=O)O)cc1)CCC2. The maximum atomic E-state index is 11.1. The van der Waals surface area contributed by atoms with Crippen molar-refractivity contribution < 1.29 is 9.90 Å². The molecule has 0 unspecified atom stereocenters. The molecule has 3 aromatic rings. The van der Waals surface area contributed by atoms with Crippen LogP contribution in [0.4, 0.5) is 5.82 Å². The largest absolute Gasteiger partial charge is 0.478 e. The summed E-state index contributed by atoms with van der Waals surface area (Å²) in [6.45, 7) is 6.71. The zero-order valence-electron chi connectivity index (χ0n) is 15.5. The van der Waals surface area contributed by atoms with E-state index in [1.54, 1.807) is 12.1 Å². The van der Waals surface area contributed by atoms with Gasteiger partial charge in [0.2, 0.25) is 0 Å². The Morgan fingerprint density at radius 2 is 1.93 bits per heavy atom. The fourth-order valence-electron chi connectivity index (χ4n) is 3.73. The maximum Gasteiger partial charge on any atom is 0.335 e. The lowest BCUT2D eigenvalue weighted by Gasteiger charge is -2.31. The average Bonchev–Trinajstić information content (AvgIpc) is 2.99. The highest BCUT2D eigenvalue weighted by atomic mass is 16.4. The second kappa shape index (κ2) is 6.87. The predicted molar refractivity (Wildman–Crippen MR) is 104 cm³/mol. The number of anilines is 1. The Morgan fingerprint density at radius 1 is 1.15 bits per heavy atom. The number of aromatic carboxylic acids is 1. The molecule has 0 fully saturated rings. The summed E-state index contributed by atoms with van der Waals surface area (Å²) in [7, 11) is 0. The Labute approximate surface area is 158 Å². The predicted octanol–water partition coefficient (Wildman–Crippen LogP) is 3.67. The van der Waals surface area contributed by atoms with Crippen molar-refractivity contribution in [2.24, 2.45) is 0 Å². The number of aromatic nitrogens is 3. The number of carboxylic acids is 1. The van der Waals surface area contributed by atoms with Crippen molar-refractivity contribution in [2.75, 3.05) is 11.4 Å². The highest BCUT2D eigenvalue weighted by Gasteiger charge is 2.26.